The number of sulfone groups is 1. The van der Waals surface area contributed by atoms with Crippen molar-refractivity contribution in [2.45, 2.75) is 80.2 Å². The molecule has 0 spiro atoms. The van der Waals surface area contributed by atoms with Crippen molar-refractivity contribution in [3.63, 3.8) is 0 Å². The van der Waals surface area contributed by atoms with Gasteiger partial charge in [0.2, 0.25) is 5.91 Å². The van der Waals surface area contributed by atoms with Crippen molar-refractivity contribution in [2.75, 3.05) is 13.2 Å². The van der Waals surface area contributed by atoms with Gasteiger partial charge in [0.25, 0.3) is 0 Å². The number of fused-ring (bicyclic) bond motifs is 6. The zero-order chi connectivity index (χ0) is 32.7. The van der Waals surface area contributed by atoms with E-state index in [1.54, 1.807) is 0 Å². The summed E-state index contributed by atoms with van der Waals surface area (Å²) in [5, 5.41) is 9.75. The topological polar surface area (TPSA) is 101 Å². The van der Waals surface area contributed by atoms with Gasteiger partial charge in [0.1, 0.15) is 17.1 Å². The average molecular weight is 654 g/mol. The molecule has 2 heterocycles. The molecule has 2 atom stereocenters. The van der Waals surface area contributed by atoms with Gasteiger partial charge in [-0.1, -0.05) is 31.4 Å². The molecule has 44 heavy (non-hydrogen) atoms. The molecule has 15 heteroatoms. The van der Waals surface area contributed by atoms with E-state index in [1.807, 2.05) is 0 Å². The number of carboxylic acid groups (broad SMARTS) is 1. The van der Waals surface area contributed by atoms with Crippen LogP contribution in [-0.2, 0) is 29.8 Å². The fourth-order valence-electron chi connectivity index (χ4n) is 7.66. The van der Waals surface area contributed by atoms with Gasteiger partial charge in [0.05, 0.1) is 16.4 Å². The minimum atomic E-state index is -6.40. The third kappa shape index (κ3) is 4.16. The number of benzene rings is 1. The van der Waals surface area contributed by atoms with Crippen LogP contribution >= 0.6 is 0 Å². The zero-order valence-corrected chi connectivity index (χ0v) is 24.2. The molecule has 3 saturated carbocycles. The van der Waals surface area contributed by atoms with Crippen LogP contribution in [-0.4, -0.2) is 61.8 Å². The molecule has 4 fully saturated rings. The number of nitrogens with zero attached hydrogens (tertiary/aromatic N) is 1. The molecule has 1 N–H and O–H groups in total. The van der Waals surface area contributed by atoms with Gasteiger partial charge in [0.15, 0.2) is 9.84 Å². The van der Waals surface area contributed by atoms with Crippen LogP contribution in [0, 0.1) is 10.8 Å². The maximum Gasteiger partial charge on any atom is 0.435 e. The monoisotopic (exact) mass is 653 g/mol. The number of halogens is 7. The summed E-state index contributed by atoms with van der Waals surface area (Å²) in [5.41, 5.74) is -9.82. The molecule has 0 aromatic heterocycles. The van der Waals surface area contributed by atoms with Gasteiger partial charge in [-0.3, -0.25) is 9.59 Å². The molecule has 1 aromatic rings. The Bertz CT molecular complexity index is 1500. The second kappa shape index (κ2) is 9.95. The third-order valence-electron chi connectivity index (χ3n) is 10.3. The largest absolute Gasteiger partial charge is 0.491 e. The van der Waals surface area contributed by atoms with Crippen molar-refractivity contribution in [1.82, 2.24) is 4.90 Å². The lowest BCUT2D eigenvalue weighted by Gasteiger charge is -2.56. The highest BCUT2D eigenvalue weighted by Gasteiger charge is 2.74. The summed E-state index contributed by atoms with van der Waals surface area (Å²) in [7, 11) is -4.59. The van der Waals surface area contributed by atoms with Crippen LogP contribution < -0.4 is 4.74 Å². The predicted molar refractivity (Wildman–Crippen MR) is 142 cm³/mol. The van der Waals surface area contributed by atoms with E-state index in [2.05, 4.69) is 13.2 Å². The average Bonchev–Trinajstić information content (AvgIpc) is 2.98. The lowest BCUT2D eigenvalue weighted by Crippen LogP contribution is -2.66. The van der Waals surface area contributed by atoms with Crippen molar-refractivity contribution in [3.8, 4) is 5.75 Å². The first kappa shape index (κ1) is 32.3. The third-order valence-corrected chi connectivity index (χ3v) is 12.9. The smallest absolute Gasteiger partial charge is 0.435 e. The summed E-state index contributed by atoms with van der Waals surface area (Å²) in [6.07, 6.45) is -10.4. The highest BCUT2D eigenvalue weighted by atomic mass is 32.2. The van der Waals surface area contributed by atoms with E-state index < -0.39 is 84.2 Å². The van der Waals surface area contributed by atoms with Gasteiger partial charge in [-0.25, -0.2) is 12.8 Å². The molecule has 242 valence electrons. The van der Waals surface area contributed by atoms with E-state index >= 15 is 0 Å². The van der Waals surface area contributed by atoms with Gasteiger partial charge in [-0.15, -0.1) is 0 Å². The van der Waals surface area contributed by atoms with E-state index in [4.69, 9.17) is 4.74 Å². The number of allylic oxidation sites excluding steroid dienone is 1. The number of ether oxygens (including phenoxy) is 1. The summed E-state index contributed by atoms with van der Waals surface area (Å²) in [4.78, 5) is 27.0. The summed E-state index contributed by atoms with van der Waals surface area (Å²) >= 11 is 0. The first-order valence-electron chi connectivity index (χ1n) is 13.9. The van der Waals surface area contributed by atoms with Gasteiger partial charge < -0.3 is 14.7 Å². The SMILES string of the molecule is C=CC(=C)S(=O)(=O)C12CCCN(C(=O)C34CCC(C(=O)O)(CC3)CC4)C1COc1cc(C(F)(C(F)(F)F)C(F)(F)F)ccc12. The van der Waals surface area contributed by atoms with E-state index in [-0.39, 0.29) is 75.6 Å². The number of amides is 1. The molecule has 2 aliphatic heterocycles. The number of carbonyl (C=O) groups excluding carboxylic acids is 1. The first-order chi connectivity index (χ1) is 20.2. The number of rotatable bonds is 6. The number of aliphatic carboxylic acids is 1. The second-order valence-corrected chi connectivity index (χ2v) is 14.5. The minimum absolute atomic E-state index is 0.0830. The number of piperidine rings is 1. The summed E-state index contributed by atoms with van der Waals surface area (Å²) in [5.74, 6) is -2.04. The highest BCUT2D eigenvalue weighted by molar-refractivity contribution is 7.96. The van der Waals surface area contributed by atoms with Crippen LogP contribution in [0.1, 0.15) is 62.5 Å². The molecule has 7 nitrogen and oxygen atoms in total. The Labute approximate surface area is 248 Å². The fourth-order valence-corrected chi connectivity index (χ4v) is 9.78. The molecule has 1 saturated heterocycles. The quantitative estimate of drug-likeness (QED) is 0.295. The van der Waals surface area contributed by atoms with E-state index in [0.29, 0.717) is 6.07 Å². The lowest BCUT2D eigenvalue weighted by molar-refractivity contribution is -0.348. The number of carboxylic acids is 1. The van der Waals surface area contributed by atoms with Crippen molar-refractivity contribution in [3.05, 3.63) is 53.5 Å². The molecule has 5 aliphatic rings. The van der Waals surface area contributed by atoms with Gasteiger partial charge in [0, 0.05) is 23.1 Å². The molecule has 2 bridgehead atoms. The Morgan fingerprint density at radius 1 is 0.955 bits per heavy atom. The molecule has 6 rings (SSSR count). The molecule has 3 aliphatic carbocycles. The Morgan fingerprint density at radius 2 is 1.50 bits per heavy atom. The lowest BCUT2D eigenvalue weighted by atomic mass is 9.53. The normalized spacial score (nSPS) is 30.5. The summed E-state index contributed by atoms with van der Waals surface area (Å²) in [6.45, 7) is 6.47. The zero-order valence-electron chi connectivity index (χ0n) is 23.4. The Hall–Kier alpha value is -3.10. The maximum absolute atomic E-state index is 14.9. The van der Waals surface area contributed by atoms with Crippen LogP contribution in [0.25, 0.3) is 0 Å². The predicted octanol–water partition coefficient (Wildman–Crippen LogP) is 6.09. The van der Waals surface area contributed by atoms with Crippen molar-refractivity contribution in [2.24, 2.45) is 10.8 Å². The number of hydrogen-bond acceptors (Lipinski definition) is 5. The van der Waals surface area contributed by atoms with Crippen molar-refractivity contribution >= 4 is 21.7 Å². The van der Waals surface area contributed by atoms with Gasteiger partial charge in [-0.2, -0.15) is 26.3 Å². The number of hydrogen-bond donors (Lipinski definition) is 1. The van der Waals surface area contributed by atoms with Crippen LogP contribution in [0.3, 0.4) is 0 Å². The molecule has 1 aromatic carbocycles. The molecule has 2 unspecified atom stereocenters. The number of likely N-dealkylation sites (tertiary alicyclic amines) is 1. The highest BCUT2D eigenvalue weighted by Crippen LogP contribution is 2.60. The molecular weight excluding hydrogens is 623 g/mol. The molecule has 1 amide bonds. The Balaban J connectivity index is 1.63. The van der Waals surface area contributed by atoms with E-state index in [9.17, 15) is 53.8 Å². The van der Waals surface area contributed by atoms with Gasteiger partial charge >= 0.3 is 24.0 Å². The Morgan fingerprint density at radius 3 is 2.00 bits per heavy atom. The number of carbonyl (C=O) groups is 2. The van der Waals surface area contributed by atoms with Crippen LogP contribution in [0.5, 0.6) is 5.75 Å². The number of alkyl halides is 7. The summed E-state index contributed by atoms with van der Waals surface area (Å²) < 4.78 is 128. The van der Waals surface area contributed by atoms with Crippen molar-refractivity contribution < 1.29 is 58.6 Å². The fraction of sp³-hybridized carbons (Fsp3) is 0.586. The molecular formula is C29H30F7NO6S. The van der Waals surface area contributed by atoms with Crippen molar-refractivity contribution in [1.29, 1.82) is 0 Å². The first-order valence-corrected chi connectivity index (χ1v) is 15.4. The van der Waals surface area contributed by atoms with Crippen LogP contribution in [0.2, 0.25) is 0 Å². The van der Waals surface area contributed by atoms with Crippen LogP contribution in [0.15, 0.2) is 42.3 Å². The molecule has 0 radical (unpaired) electrons. The summed E-state index contributed by atoms with van der Waals surface area (Å²) in [6, 6.07) is -0.127. The second-order valence-electron chi connectivity index (χ2n) is 12.2. The maximum atomic E-state index is 14.9. The van der Waals surface area contributed by atoms with Crippen LogP contribution in [0.4, 0.5) is 30.7 Å². The standard InChI is InChI=1S/C29H30F7NO6S/c1-3-17(2)44(41,42)26-7-4-14-37(22(38)24-8-11-25(12-9-24,13-10-24)23(39)40)21(26)16-43-20-15-18(5-6-19(20)26)27(30,28(31,32)33)29(34,35)36/h3,5-6,15,21H,1-2,4,7-14,16H2,(H,39,40). The van der Waals surface area contributed by atoms with E-state index in [0.717, 1.165) is 6.08 Å². The van der Waals surface area contributed by atoms with Gasteiger partial charge in [-0.05, 0) is 57.4 Å². The minimum Gasteiger partial charge on any atom is -0.491 e. The van der Waals surface area contributed by atoms with E-state index in [1.165, 1.54) is 4.90 Å². The Kier molecular flexibility index (Phi) is 7.30.